The van der Waals surface area contributed by atoms with Crippen LogP contribution in [0.4, 0.5) is 0 Å². The quantitative estimate of drug-likeness (QED) is 0.419. The number of benzene rings is 3. The van der Waals surface area contributed by atoms with Gasteiger partial charge < -0.3 is 10.1 Å². The van der Waals surface area contributed by atoms with Crippen LogP contribution in [0, 0.1) is 0 Å². The van der Waals surface area contributed by atoms with Gasteiger partial charge in [0.25, 0.3) is 5.91 Å². The lowest BCUT2D eigenvalue weighted by molar-refractivity contribution is 0.0227. The molecule has 0 unspecified atom stereocenters. The molecule has 1 N–H and O–H groups in total. The van der Waals surface area contributed by atoms with Gasteiger partial charge in [0.15, 0.2) is 0 Å². The van der Waals surface area contributed by atoms with Crippen LogP contribution in [0.15, 0.2) is 83.8 Å². The van der Waals surface area contributed by atoms with Gasteiger partial charge in [-0.2, -0.15) is 0 Å². The maximum atomic E-state index is 13.4. The smallest absolute Gasteiger partial charge is 0.252 e. The fourth-order valence-corrected chi connectivity index (χ4v) is 5.19. The highest BCUT2D eigenvalue weighted by Crippen LogP contribution is 2.42. The molecule has 4 heteroatoms. The molecule has 3 nitrogen and oxygen atoms in total. The fourth-order valence-electron chi connectivity index (χ4n) is 4.18. The Balaban J connectivity index is 1.55. The normalized spacial score (nSPS) is 16.8. The highest BCUT2D eigenvalue weighted by molar-refractivity contribution is 7.98. The van der Waals surface area contributed by atoms with E-state index >= 15 is 0 Å². The number of hydrogen-bond donors (Lipinski definition) is 1. The Hall–Kier alpha value is -2.72. The number of carbonyl (C=O) groups is 1. The maximum absolute atomic E-state index is 13.4. The van der Waals surface area contributed by atoms with Crippen molar-refractivity contribution in [2.75, 3.05) is 0 Å². The van der Waals surface area contributed by atoms with Gasteiger partial charge in [0.2, 0.25) is 0 Å². The van der Waals surface area contributed by atoms with E-state index in [9.17, 15) is 4.79 Å². The van der Waals surface area contributed by atoms with E-state index in [1.807, 2.05) is 60.7 Å². The number of carbonyl (C=O) groups excluding carboxylic acids is 1. The first-order valence-corrected chi connectivity index (χ1v) is 12.0. The molecule has 0 spiro atoms. The Morgan fingerprint density at radius 1 is 0.968 bits per heavy atom. The van der Waals surface area contributed by atoms with Crippen molar-refractivity contribution in [2.45, 2.75) is 55.4 Å². The van der Waals surface area contributed by atoms with E-state index in [2.05, 4.69) is 37.4 Å². The summed E-state index contributed by atoms with van der Waals surface area (Å²) in [7, 11) is 0. The van der Waals surface area contributed by atoms with E-state index in [1.54, 1.807) is 11.8 Å². The minimum Gasteiger partial charge on any atom is -0.487 e. The first kappa shape index (κ1) is 21.5. The summed E-state index contributed by atoms with van der Waals surface area (Å²) in [5.74, 6) is 1.69. The Bertz CT molecular complexity index is 1030. The van der Waals surface area contributed by atoms with Crippen molar-refractivity contribution in [2.24, 2.45) is 0 Å². The van der Waals surface area contributed by atoms with Gasteiger partial charge in [0.05, 0.1) is 11.6 Å². The van der Waals surface area contributed by atoms with E-state index < -0.39 is 0 Å². The second-order valence-corrected chi connectivity index (χ2v) is 9.05. The summed E-state index contributed by atoms with van der Waals surface area (Å²) in [5.41, 5.74) is 2.79. The van der Waals surface area contributed by atoms with Crippen LogP contribution < -0.4 is 10.1 Å². The van der Waals surface area contributed by atoms with Gasteiger partial charge in [0.1, 0.15) is 11.4 Å². The Labute approximate surface area is 189 Å². The van der Waals surface area contributed by atoms with Gasteiger partial charge in [-0.3, -0.25) is 4.79 Å². The molecule has 3 aromatic rings. The van der Waals surface area contributed by atoms with Gasteiger partial charge >= 0.3 is 0 Å². The van der Waals surface area contributed by atoms with Crippen molar-refractivity contribution < 1.29 is 9.53 Å². The Morgan fingerprint density at radius 2 is 1.65 bits per heavy atom. The monoisotopic (exact) mass is 431 g/mol. The first-order valence-electron chi connectivity index (χ1n) is 11.0. The van der Waals surface area contributed by atoms with E-state index in [1.165, 1.54) is 5.56 Å². The number of thioether (sulfide) groups is 1. The Kier molecular flexibility index (Phi) is 6.67. The van der Waals surface area contributed by atoms with Crippen molar-refractivity contribution in [3.05, 3.63) is 95.6 Å². The number of rotatable bonds is 7. The third-order valence-electron chi connectivity index (χ3n) is 6.16. The molecule has 31 heavy (non-hydrogen) atoms. The van der Waals surface area contributed by atoms with Crippen LogP contribution in [0.5, 0.6) is 5.75 Å². The van der Waals surface area contributed by atoms with E-state index in [0.29, 0.717) is 0 Å². The molecule has 0 aliphatic carbocycles. The zero-order valence-corrected chi connectivity index (χ0v) is 19.0. The number of hydrogen-bond acceptors (Lipinski definition) is 3. The molecule has 0 aromatic heterocycles. The molecule has 0 saturated carbocycles. The molecule has 0 saturated heterocycles. The molecular weight excluding hydrogens is 402 g/mol. The fraction of sp³-hybridized carbons (Fsp3) is 0.296. The topological polar surface area (TPSA) is 38.3 Å². The molecule has 1 atom stereocenters. The highest BCUT2D eigenvalue weighted by Gasteiger charge is 2.39. The highest BCUT2D eigenvalue weighted by atomic mass is 32.2. The number of fused-ring (bicyclic) bond motifs is 1. The van der Waals surface area contributed by atoms with Gasteiger partial charge in [0, 0.05) is 22.6 Å². The van der Waals surface area contributed by atoms with Crippen LogP contribution in [0.3, 0.4) is 0 Å². The Morgan fingerprint density at radius 3 is 2.42 bits per heavy atom. The van der Waals surface area contributed by atoms with Crippen molar-refractivity contribution in [3.63, 3.8) is 0 Å². The molecule has 0 fully saturated rings. The lowest BCUT2D eigenvalue weighted by Crippen LogP contribution is -2.44. The van der Waals surface area contributed by atoms with E-state index in [-0.39, 0.29) is 17.6 Å². The number of amides is 1. The van der Waals surface area contributed by atoms with Crippen LogP contribution in [-0.4, -0.2) is 11.5 Å². The molecule has 1 amide bonds. The average molecular weight is 432 g/mol. The van der Waals surface area contributed by atoms with Gasteiger partial charge in [-0.25, -0.2) is 0 Å². The summed E-state index contributed by atoms with van der Waals surface area (Å²) in [6.07, 6.45) is 2.60. The second-order valence-electron chi connectivity index (χ2n) is 8.03. The summed E-state index contributed by atoms with van der Waals surface area (Å²) in [4.78, 5) is 14.4. The third-order valence-corrected chi connectivity index (χ3v) is 7.30. The van der Waals surface area contributed by atoms with Crippen molar-refractivity contribution >= 4 is 17.7 Å². The molecular formula is C27H29NO2S. The number of para-hydroxylation sites is 1. The van der Waals surface area contributed by atoms with Crippen molar-refractivity contribution in [1.82, 2.24) is 5.32 Å². The molecule has 3 aromatic carbocycles. The lowest BCUT2D eigenvalue weighted by atomic mass is 9.83. The minimum atomic E-state index is -0.242. The molecule has 1 aliphatic heterocycles. The number of ether oxygens (including phenoxy) is 1. The largest absolute Gasteiger partial charge is 0.487 e. The summed E-state index contributed by atoms with van der Waals surface area (Å²) in [5, 5.41) is 3.32. The summed E-state index contributed by atoms with van der Waals surface area (Å²) >= 11 is 1.70. The predicted molar refractivity (Wildman–Crippen MR) is 128 cm³/mol. The van der Waals surface area contributed by atoms with Gasteiger partial charge in [-0.15, -0.1) is 11.8 Å². The van der Waals surface area contributed by atoms with Gasteiger partial charge in [-0.1, -0.05) is 74.5 Å². The SMILES string of the molecule is CCC1(CC)C[C@@H](NC(=O)c2ccccc2SCc2ccccc2)c2ccccc2O1. The van der Waals surface area contributed by atoms with E-state index in [0.717, 1.165) is 46.8 Å². The maximum Gasteiger partial charge on any atom is 0.252 e. The second kappa shape index (κ2) is 9.61. The third kappa shape index (κ3) is 4.80. The molecule has 0 bridgehead atoms. The first-order chi connectivity index (χ1) is 15.1. The summed E-state index contributed by atoms with van der Waals surface area (Å²) in [6, 6.07) is 26.2. The lowest BCUT2D eigenvalue weighted by Gasteiger charge is -2.41. The van der Waals surface area contributed by atoms with Crippen LogP contribution >= 0.6 is 11.8 Å². The summed E-state index contributed by atoms with van der Waals surface area (Å²) < 4.78 is 6.39. The minimum absolute atomic E-state index is 0.0287. The predicted octanol–water partition coefficient (Wildman–Crippen LogP) is 6.79. The molecule has 4 rings (SSSR count). The zero-order valence-electron chi connectivity index (χ0n) is 18.1. The van der Waals surface area contributed by atoms with Gasteiger partial charge in [-0.05, 0) is 36.6 Å². The zero-order chi connectivity index (χ0) is 21.7. The molecule has 160 valence electrons. The molecule has 1 heterocycles. The van der Waals surface area contributed by atoms with Crippen LogP contribution in [-0.2, 0) is 5.75 Å². The van der Waals surface area contributed by atoms with Crippen molar-refractivity contribution in [3.8, 4) is 5.75 Å². The van der Waals surface area contributed by atoms with Crippen LogP contribution in [0.25, 0.3) is 0 Å². The molecule has 1 aliphatic rings. The van der Waals surface area contributed by atoms with Crippen LogP contribution in [0.2, 0.25) is 0 Å². The number of nitrogens with one attached hydrogen (secondary N) is 1. The van der Waals surface area contributed by atoms with Crippen molar-refractivity contribution in [1.29, 1.82) is 0 Å². The molecule has 0 radical (unpaired) electrons. The standard InChI is InChI=1S/C27H29NO2S/c1-3-27(4-2)18-23(21-14-8-10-16-24(21)30-27)28-26(29)22-15-9-11-17-25(22)31-19-20-12-6-5-7-13-20/h5-17,23H,3-4,18-19H2,1-2H3,(H,28,29)/t23-/m1/s1. The average Bonchev–Trinajstić information content (AvgIpc) is 2.83. The van der Waals surface area contributed by atoms with Crippen LogP contribution in [0.1, 0.15) is 60.6 Å². The van der Waals surface area contributed by atoms with E-state index in [4.69, 9.17) is 4.74 Å². The summed E-state index contributed by atoms with van der Waals surface area (Å²) in [6.45, 7) is 4.32.